The van der Waals surface area contributed by atoms with Gasteiger partial charge in [0.05, 0.1) is 35.9 Å². The summed E-state index contributed by atoms with van der Waals surface area (Å²) in [5.41, 5.74) is 2.25. The van der Waals surface area contributed by atoms with Crippen LogP contribution in [0, 0.1) is 12.3 Å². The Morgan fingerprint density at radius 3 is 2.75 bits per heavy atom. The van der Waals surface area contributed by atoms with E-state index in [0.717, 1.165) is 37.2 Å². The molecule has 2 amide bonds. The molecule has 1 spiro atoms. The van der Waals surface area contributed by atoms with Crippen molar-refractivity contribution in [2.75, 3.05) is 19.6 Å². The summed E-state index contributed by atoms with van der Waals surface area (Å²) in [6, 6.07) is 0. The molecule has 0 aliphatic carbocycles. The molecule has 8 heteroatoms. The van der Waals surface area contributed by atoms with Crippen molar-refractivity contribution in [3.05, 3.63) is 41.7 Å². The van der Waals surface area contributed by atoms with Crippen LogP contribution in [0.1, 0.15) is 47.4 Å². The van der Waals surface area contributed by atoms with Crippen LogP contribution in [0.4, 0.5) is 0 Å². The molecule has 0 radical (unpaired) electrons. The molecule has 8 nitrogen and oxygen atoms in total. The number of carbonyl (C=O) groups excluding carboxylic acids is 2. The summed E-state index contributed by atoms with van der Waals surface area (Å²) in [4.78, 5) is 37.9. The van der Waals surface area contributed by atoms with Gasteiger partial charge in [0.1, 0.15) is 0 Å². The van der Waals surface area contributed by atoms with E-state index in [4.69, 9.17) is 0 Å². The fraction of sp³-hybridized carbons (Fsp3) is 0.550. The lowest BCUT2D eigenvalue weighted by Crippen LogP contribution is -2.54. The summed E-state index contributed by atoms with van der Waals surface area (Å²) in [7, 11) is 1.81. The largest absolute Gasteiger partial charge is 0.338 e. The topological polar surface area (TPSA) is 84.2 Å². The van der Waals surface area contributed by atoms with Crippen LogP contribution in [-0.4, -0.2) is 61.0 Å². The Morgan fingerprint density at radius 2 is 2.04 bits per heavy atom. The van der Waals surface area contributed by atoms with Gasteiger partial charge in [-0.3, -0.25) is 24.2 Å². The highest BCUT2D eigenvalue weighted by molar-refractivity contribution is 5.93. The Hall–Kier alpha value is -2.77. The van der Waals surface area contributed by atoms with E-state index in [-0.39, 0.29) is 17.2 Å². The van der Waals surface area contributed by atoms with Crippen molar-refractivity contribution in [3.63, 3.8) is 0 Å². The average Bonchev–Trinajstić information content (AvgIpc) is 3.13. The van der Waals surface area contributed by atoms with Gasteiger partial charge in [-0.25, -0.2) is 0 Å². The minimum atomic E-state index is -0.0395. The average molecular weight is 382 g/mol. The number of piperidine rings is 2. The smallest absolute Gasteiger partial charge is 0.257 e. The van der Waals surface area contributed by atoms with Gasteiger partial charge in [-0.15, -0.1) is 0 Å². The monoisotopic (exact) mass is 382 g/mol. The molecule has 0 aromatic carbocycles. The summed E-state index contributed by atoms with van der Waals surface area (Å²) >= 11 is 0. The highest BCUT2D eigenvalue weighted by Crippen LogP contribution is 2.39. The molecule has 2 aliphatic heterocycles. The molecule has 2 aromatic heterocycles. The molecule has 1 atom stereocenters. The standard InChI is InChI=1S/C20H26N6O2/c1-15-8-22-17(10-21-15)12-26-14-20(6-4-18(26)27)5-3-7-25(13-20)19(28)16-9-23-24(2)11-16/h8-11H,3-7,12-14H2,1-2H3/t20-/m1/s1. The first-order valence-electron chi connectivity index (χ1n) is 9.77. The van der Waals surface area contributed by atoms with E-state index in [0.29, 0.717) is 31.6 Å². The first kappa shape index (κ1) is 18.6. The quantitative estimate of drug-likeness (QED) is 0.804. The van der Waals surface area contributed by atoms with E-state index in [9.17, 15) is 9.59 Å². The van der Waals surface area contributed by atoms with Gasteiger partial charge in [-0.2, -0.15) is 5.10 Å². The maximum absolute atomic E-state index is 12.9. The van der Waals surface area contributed by atoms with E-state index in [2.05, 4.69) is 15.1 Å². The molecular weight excluding hydrogens is 356 g/mol. The van der Waals surface area contributed by atoms with Crippen LogP contribution in [0.5, 0.6) is 0 Å². The van der Waals surface area contributed by atoms with Crippen LogP contribution in [0.25, 0.3) is 0 Å². The van der Waals surface area contributed by atoms with Crippen molar-refractivity contribution >= 4 is 11.8 Å². The lowest BCUT2D eigenvalue weighted by atomic mass is 9.73. The molecule has 28 heavy (non-hydrogen) atoms. The van der Waals surface area contributed by atoms with Crippen LogP contribution < -0.4 is 0 Å². The van der Waals surface area contributed by atoms with E-state index in [1.807, 2.05) is 23.8 Å². The lowest BCUT2D eigenvalue weighted by molar-refractivity contribution is -0.139. The summed E-state index contributed by atoms with van der Waals surface area (Å²) in [5.74, 6) is 0.184. The Balaban J connectivity index is 1.47. The second kappa shape index (κ2) is 7.33. The zero-order valence-corrected chi connectivity index (χ0v) is 16.5. The van der Waals surface area contributed by atoms with Crippen LogP contribution in [-0.2, 0) is 18.4 Å². The molecule has 4 rings (SSSR count). The SMILES string of the molecule is Cc1cnc(CN2C[C@]3(CCCN(C(=O)c4cnn(C)c4)C3)CCC2=O)cn1. The third-order valence-corrected chi connectivity index (χ3v) is 5.84. The number of aromatic nitrogens is 4. The minimum absolute atomic E-state index is 0.0278. The van der Waals surface area contributed by atoms with Gasteiger partial charge in [0.15, 0.2) is 0 Å². The number of amides is 2. The molecule has 0 unspecified atom stereocenters. The van der Waals surface area contributed by atoms with Crippen LogP contribution in [0.2, 0.25) is 0 Å². The summed E-state index contributed by atoms with van der Waals surface area (Å²) in [5, 5.41) is 4.11. The highest BCUT2D eigenvalue weighted by Gasteiger charge is 2.43. The van der Waals surface area contributed by atoms with Crippen molar-refractivity contribution < 1.29 is 9.59 Å². The van der Waals surface area contributed by atoms with Crippen molar-refractivity contribution in [3.8, 4) is 0 Å². The molecule has 148 valence electrons. The van der Waals surface area contributed by atoms with Crippen molar-refractivity contribution in [2.45, 2.75) is 39.2 Å². The predicted molar refractivity (Wildman–Crippen MR) is 102 cm³/mol. The Bertz CT molecular complexity index is 877. The lowest BCUT2D eigenvalue weighted by Gasteiger charge is -2.48. The number of nitrogens with zero attached hydrogens (tertiary/aromatic N) is 6. The summed E-state index contributed by atoms with van der Waals surface area (Å²) in [6.07, 6.45) is 10.2. The van der Waals surface area contributed by atoms with Gasteiger partial charge in [-0.05, 0) is 26.2 Å². The van der Waals surface area contributed by atoms with E-state index in [1.54, 1.807) is 29.5 Å². The number of hydrogen-bond donors (Lipinski definition) is 0. The number of aryl methyl sites for hydroxylation is 2. The van der Waals surface area contributed by atoms with E-state index >= 15 is 0 Å². The van der Waals surface area contributed by atoms with Gasteiger partial charge in [0.25, 0.3) is 5.91 Å². The first-order chi connectivity index (χ1) is 13.4. The van der Waals surface area contributed by atoms with Crippen molar-refractivity contribution in [1.82, 2.24) is 29.5 Å². The van der Waals surface area contributed by atoms with Crippen molar-refractivity contribution in [2.24, 2.45) is 12.5 Å². The maximum Gasteiger partial charge on any atom is 0.257 e. The maximum atomic E-state index is 12.9. The highest BCUT2D eigenvalue weighted by atomic mass is 16.2. The van der Waals surface area contributed by atoms with Crippen LogP contribution in [0.15, 0.2) is 24.8 Å². The number of rotatable bonds is 3. The summed E-state index contributed by atoms with van der Waals surface area (Å²) < 4.78 is 1.65. The molecule has 2 fully saturated rings. The molecule has 2 saturated heterocycles. The fourth-order valence-electron chi connectivity index (χ4n) is 4.37. The van der Waals surface area contributed by atoms with Gasteiger partial charge < -0.3 is 9.80 Å². The Labute approximate surface area is 164 Å². The minimum Gasteiger partial charge on any atom is -0.338 e. The fourth-order valence-corrected chi connectivity index (χ4v) is 4.37. The van der Waals surface area contributed by atoms with Gasteiger partial charge in [-0.1, -0.05) is 0 Å². The van der Waals surface area contributed by atoms with Gasteiger partial charge in [0, 0.05) is 50.9 Å². The number of likely N-dealkylation sites (tertiary alicyclic amines) is 2. The normalized spacial score (nSPS) is 22.7. The number of carbonyl (C=O) groups is 2. The first-order valence-corrected chi connectivity index (χ1v) is 9.77. The second-order valence-electron chi connectivity index (χ2n) is 8.13. The molecule has 4 heterocycles. The molecule has 0 N–H and O–H groups in total. The zero-order chi connectivity index (χ0) is 19.7. The second-order valence-corrected chi connectivity index (χ2v) is 8.13. The summed E-state index contributed by atoms with van der Waals surface area (Å²) in [6.45, 7) is 4.48. The van der Waals surface area contributed by atoms with Crippen LogP contribution in [0.3, 0.4) is 0 Å². The van der Waals surface area contributed by atoms with Gasteiger partial charge >= 0.3 is 0 Å². The molecule has 0 bridgehead atoms. The van der Waals surface area contributed by atoms with Crippen molar-refractivity contribution in [1.29, 1.82) is 0 Å². The molecule has 2 aliphatic rings. The third-order valence-electron chi connectivity index (χ3n) is 5.84. The predicted octanol–water partition coefficient (Wildman–Crippen LogP) is 1.56. The van der Waals surface area contributed by atoms with E-state index < -0.39 is 0 Å². The van der Waals surface area contributed by atoms with Crippen LogP contribution >= 0.6 is 0 Å². The van der Waals surface area contributed by atoms with Gasteiger partial charge in [0.2, 0.25) is 5.91 Å². The zero-order valence-electron chi connectivity index (χ0n) is 16.5. The number of hydrogen-bond acceptors (Lipinski definition) is 5. The molecule has 2 aromatic rings. The Kier molecular flexibility index (Phi) is 4.87. The molecule has 0 saturated carbocycles. The van der Waals surface area contributed by atoms with E-state index in [1.165, 1.54) is 0 Å². The molecular formula is C20H26N6O2. The third kappa shape index (κ3) is 3.76. The Morgan fingerprint density at radius 1 is 1.18 bits per heavy atom.